The predicted molar refractivity (Wildman–Crippen MR) is 103 cm³/mol. The van der Waals surface area contributed by atoms with Crippen molar-refractivity contribution in [3.63, 3.8) is 0 Å². The number of carbonyl (C=O) groups is 2. The van der Waals surface area contributed by atoms with Crippen LogP contribution in [0.4, 0.5) is 0 Å². The summed E-state index contributed by atoms with van der Waals surface area (Å²) in [5.74, 6) is -0.408. The summed E-state index contributed by atoms with van der Waals surface area (Å²) in [5.41, 5.74) is 0. The van der Waals surface area contributed by atoms with E-state index < -0.39 is 22.0 Å². The molecule has 2 rings (SSSR count). The second-order valence-electron chi connectivity index (χ2n) is 6.72. The van der Waals surface area contributed by atoms with Gasteiger partial charge in [-0.2, -0.15) is 4.72 Å². The molecule has 0 radical (unpaired) electrons. The Kier molecular flexibility index (Phi) is 7.64. The molecule has 0 bridgehead atoms. The number of sulfonamides is 1. The summed E-state index contributed by atoms with van der Waals surface area (Å²) >= 11 is 0. The van der Waals surface area contributed by atoms with Crippen LogP contribution in [0.15, 0.2) is 23.1 Å². The maximum Gasteiger partial charge on any atom is 0.241 e. The van der Waals surface area contributed by atoms with Crippen molar-refractivity contribution in [1.82, 2.24) is 15.4 Å². The first-order valence-corrected chi connectivity index (χ1v) is 10.7. The van der Waals surface area contributed by atoms with Crippen molar-refractivity contribution in [2.45, 2.75) is 38.1 Å². The third-order valence-corrected chi connectivity index (χ3v) is 5.49. The first kappa shape index (κ1) is 22.0. The number of carbonyl (C=O) groups excluding carboxylic acids is 2. The van der Waals surface area contributed by atoms with E-state index in [-0.39, 0.29) is 23.3 Å². The Balaban J connectivity index is 2.07. The lowest BCUT2D eigenvalue weighted by Gasteiger charge is -2.22. The van der Waals surface area contributed by atoms with Crippen LogP contribution in [0, 0.1) is 5.92 Å². The molecule has 1 atom stereocenters. The molecule has 1 aromatic rings. The van der Waals surface area contributed by atoms with Crippen molar-refractivity contribution in [1.29, 1.82) is 0 Å². The van der Waals surface area contributed by atoms with Crippen LogP contribution in [0.25, 0.3) is 0 Å². The lowest BCUT2D eigenvalue weighted by molar-refractivity contribution is -0.127. The van der Waals surface area contributed by atoms with Crippen molar-refractivity contribution in [2.75, 3.05) is 26.3 Å². The van der Waals surface area contributed by atoms with Gasteiger partial charge in [-0.15, -0.1) is 0 Å². The van der Waals surface area contributed by atoms with E-state index in [2.05, 4.69) is 15.4 Å². The molecular weight excluding hydrogens is 386 g/mol. The minimum absolute atomic E-state index is 0.0316. The molecule has 0 saturated heterocycles. The average Bonchev–Trinajstić information content (AvgIpc) is 2.68. The third-order valence-electron chi connectivity index (χ3n) is 4.05. The van der Waals surface area contributed by atoms with Gasteiger partial charge in [0.1, 0.15) is 19.3 Å². The Morgan fingerprint density at radius 3 is 2.43 bits per heavy atom. The number of nitrogens with one attached hydrogen (secondary N) is 3. The zero-order valence-corrected chi connectivity index (χ0v) is 17.1. The second-order valence-corrected chi connectivity index (χ2v) is 8.43. The van der Waals surface area contributed by atoms with Gasteiger partial charge in [0.15, 0.2) is 11.5 Å². The normalized spacial score (nSPS) is 14.4. The summed E-state index contributed by atoms with van der Waals surface area (Å²) in [6.07, 6.45) is 0.781. The number of amides is 2. The summed E-state index contributed by atoms with van der Waals surface area (Å²) in [6.45, 7) is 6.38. The maximum atomic E-state index is 12.7. The molecule has 0 saturated carbocycles. The molecular formula is C18H27N3O6S. The van der Waals surface area contributed by atoms with Crippen molar-refractivity contribution in [2.24, 2.45) is 5.92 Å². The Morgan fingerprint density at radius 1 is 1.11 bits per heavy atom. The lowest BCUT2D eigenvalue weighted by Crippen LogP contribution is -2.51. The van der Waals surface area contributed by atoms with Crippen molar-refractivity contribution < 1.29 is 27.5 Å². The van der Waals surface area contributed by atoms with E-state index in [1.54, 1.807) is 13.8 Å². The van der Waals surface area contributed by atoms with Crippen LogP contribution in [0.3, 0.4) is 0 Å². The number of fused-ring (bicyclic) bond motifs is 1. The molecule has 1 aliphatic rings. The second kappa shape index (κ2) is 9.74. The topological polar surface area (TPSA) is 123 Å². The van der Waals surface area contributed by atoms with Crippen LogP contribution in [-0.4, -0.2) is 52.6 Å². The molecule has 9 nitrogen and oxygen atoms in total. The fourth-order valence-corrected chi connectivity index (χ4v) is 3.88. The molecule has 28 heavy (non-hydrogen) atoms. The van der Waals surface area contributed by atoms with Gasteiger partial charge in [0.25, 0.3) is 0 Å². The highest BCUT2D eigenvalue weighted by Gasteiger charge is 2.29. The van der Waals surface area contributed by atoms with Crippen LogP contribution in [0.1, 0.15) is 27.2 Å². The molecule has 0 aromatic heterocycles. The molecule has 1 aliphatic heterocycles. The molecule has 0 spiro atoms. The molecule has 0 aliphatic carbocycles. The first-order valence-electron chi connectivity index (χ1n) is 9.21. The highest BCUT2D eigenvalue weighted by Crippen LogP contribution is 2.32. The van der Waals surface area contributed by atoms with Gasteiger partial charge in [-0.3, -0.25) is 9.59 Å². The van der Waals surface area contributed by atoms with E-state index in [4.69, 9.17) is 9.47 Å². The fourth-order valence-electron chi connectivity index (χ4n) is 2.52. The summed E-state index contributed by atoms with van der Waals surface area (Å²) in [4.78, 5) is 24.1. The summed E-state index contributed by atoms with van der Waals surface area (Å²) in [7, 11) is -3.98. The number of rotatable bonds is 9. The average molecular weight is 413 g/mol. The van der Waals surface area contributed by atoms with Crippen LogP contribution in [0.2, 0.25) is 0 Å². The minimum Gasteiger partial charge on any atom is -0.486 e. The molecule has 1 aromatic carbocycles. The Bertz CT molecular complexity index is 810. The monoisotopic (exact) mass is 413 g/mol. The van der Waals surface area contributed by atoms with E-state index in [0.717, 1.165) is 6.42 Å². The summed E-state index contributed by atoms with van der Waals surface area (Å²) in [6, 6.07) is 3.25. The highest BCUT2D eigenvalue weighted by molar-refractivity contribution is 7.89. The molecule has 156 valence electrons. The van der Waals surface area contributed by atoms with E-state index in [1.807, 2.05) is 6.92 Å². The SMILES string of the molecule is CCCNC(=O)CNC(=O)C(NS(=O)(=O)c1ccc2c(c1)OCCO2)C(C)C. The maximum absolute atomic E-state index is 12.7. The highest BCUT2D eigenvalue weighted by atomic mass is 32.2. The number of benzene rings is 1. The number of hydrogen-bond acceptors (Lipinski definition) is 6. The minimum atomic E-state index is -3.98. The molecule has 2 amide bonds. The van der Waals surface area contributed by atoms with E-state index in [1.165, 1.54) is 18.2 Å². The fraction of sp³-hybridized carbons (Fsp3) is 0.556. The van der Waals surface area contributed by atoms with Crippen molar-refractivity contribution >= 4 is 21.8 Å². The lowest BCUT2D eigenvalue weighted by atomic mass is 10.1. The van der Waals surface area contributed by atoms with Gasteiger partial charge in [0, 0.05) is 12.6 Å². The Hall–Kier alpha value is -2.33. The van der Waals surface area contributed by atoms with Gasteiger partial charge in [0.05, 0.1) is 11.4 Å². The molecule has 3 N–H and O–H groups in total. The van der Waals surface area contributed by atoms with E-state index in [9.17, 15) is 18.0 Å². The summed E-state index contributed by atoms with van der Waals surface area (Å²) < 4.78 is 38.7. The quantitative estimate of drug-likeness (QED) is 0.539. The molecule has 10 heteroatoms. The van der Waals surface area contributed by atoms with Crippen LogP contribution >= 0.6 is 0 Å². The zero-order chi connectivity index (χ0) is 20.7. The smallest absolute Gasteiger partial charge is 0.241 e. The van der Waals surface area contributed by atoms with Crippen LogP contribution < -0.4 is 24.8 Å². The van der Waals surface area contributed by atoms with Gasteiger partial charge >= 0.3 is 0 Å². The van der Waals surface area contributed by atoms with Crippen molar-refractivity contribution in [3.05, 3.63) is 18.2 Å². The zero-order valence-electron chi connectivity index (χ0n) is 16.3. The van der Waals surface area contributed by atoms with E-state index >= 15 is 0 Å². The van der Waals surface area contributed by atoms with E-state index in [0.29, 0.717) is 31.3 Å². The molecule has 0 fully saturated rings. The largest absolute Gasteiger partial charge is 0.486 e. The Labute approximate surface area is 165 Å². The van der Waals surface area contributed by atoms with Gasteiger partial charge in [0.2, 0.25) is 21.8 Å². The third kappa shape index (κ3) is 5.83. The van der Waals surface area contributed by atoms with Gasteiger partial charge in [-0.1, -0.05) is 20.8 Å². The molecule has 1 heterocycles. The first-order chi connectivity index (χ1) is 13.2. The van der Waals surface area contributed by atoms with Crippen LogP contribution in [0.5, 0.6) is 11.5 Å². The number of hydrogen-bond donors (Lipinski definition) is 3. The van der Waals surface area contributed by atoms with Gasteiger partial charge in [-0.25, -0.2) is 8.42 Å². The summed E-state index contributed by atoms with van der Waals surface area (Å²) in [5, 5.41) is 5.11. The molecule has 1 unspecified atom stereocenters. The number of ether oxygens (including phenoxy) is 2. The van der Waals surface area contributed by atoms with Crippen LogP contribution in [-0.2, 0) is 19.6 Å². The van der Waals surface area contributed by atoms with Gasteiger partial charge in [-0.05, 0) is 24.5 Å². The van der Waals surface area contributed by atoms with Gasteiger partial charge < -0.3 is 20.1 Å². The predicted octanol–water partition coefficient (Wildman–Crippen LogP) is 0.403. The standard InChI is InChI=1S/C18H27N3O6S/c1-4-7-19-16(22)11-20-18(23)17(12(2)3)21-28(24,25)13-5-6-14-15(10-13)27-9-8-26-14/h5-6,10,12,17,21H,4,7-9,11H2,1-3H3,(H,19,22)(H,20,23). The van der Waals surface area contributed by atoms with Crippen molar-refractivity contribution in [3.8, 4) is 11.5 Å². The Morgan fingerprint density at radius 2 is 1.79 bits per heavy atom.